The summed E-state index contributed by atoms with van der Waals surface area (Å²) in [5.41, 5.74) is 7.14. The molecule has 35 heavy (non-hydrogen) atoms. The molecule has 1 amide bonds. The first-order valence-corrected chi connectivity index (χ1v) is 12.1. The second-order valence-corrected chi connectivity index (χ2v) is 8.47. The summed E-state index contributed by atoms with van der Waals surface area (Å²) in [6.07, 6.45) is 0.685. The Kier molecular flexibility index (Phi) is 9.43. The number of carbonyl (C=O) groups is 1. The lowest BCUT2D eigenvalue weighted by Crippen LogP contribution is -2.45. The Morgan fingerprint density at radius 1 is 0.943 bits per heavy atom. The van der Waals surface area contributed by atoms with Gasteiger partial charge in [0.2, 0.25) is 5.91 Å². The van der Waals surface area contributed by atoms with Gasteiger partial charge in [0.15, 0.2) is 0 Å². The van der Waals surface area contributed by atoms with Gasteiger partial charge in [0, 0.05) is 31.6 Å². The van der Waals surface area contributed by atoms with E-state index < -0.39 is 11.2 Å². The highest BCUT2D eigenvalue weighted by molar-refractivity contribution is 5.75. The molecular formula is C27H35N5O3. The fourth-order valence-electron chi connectivity index (χ4n) is 4.24. The number of nitrogens with two attached hydrogens (primary N) is 1. The van der Waals surface area contributed by atoms with Crippen molar-refractivity contribution in [2.75, 3.05) is 31.9 Å². The van der Waals surface area contributed by atoms with Gasteiger partial charge in [-0.15, -0.1) is 0 Å². The molecule has 0 saturated carbocycles. The van der Waals surface area contributed by atoms with Crippen molar-refractivity contribution in [1.82, 2.24) is 19.4 Å². The van der Waals surface area contributed by atoms with Crippen molar-refractivity contribution in [2.45, 2.75) is 39.3 Å². The molecule has 186 valence electrons. The molecule has 0 saturated heterocycles. The van der Waals surface area contributed by atoms with Crippen molar-refractivity contribution in [2.24, 2.45) is 0 Å². The minimum absolute atomic E-state index is 0.109. The summed E-state index contributed by atoms with van der Waals surface area (Å²) in [7, 11) is 0. The number of carbonyl (C=O) groups excluding carboxylic acids is 1. The summed E-state index contributed by atoms with van der Waals surface area (Å²) in [5, 5.41) is 2.87. The quantitative estimate of drug-likeness (QED) is 0.417. The Bertz CT molecular complexity index is 1160. The molecule has 1 aromatic heterocycles. The monoisotopic (exact) mass is 477 g/mol. The van der Waals surface area contributed by atoms with Crippen LogP contribution in [0.15, 0.2) is 76.3 Å². The number of anilines is 1. The van der Waals surface area contributed by atoms with Gasteiger partial charge in [-0.3, -0.25) is 18.7 Å². The molecule has 0 radical (unpaired) electrons. The SMILES string of the molecule is CCN(CC)CCn1c(N)cc(=O)n(CC(=O)NCCC(c2ccccc2)c2ccccc2)c1=O. The predicted molar refractivity (Wildman–Crippen MR) is 140 cm³/mol. The number of nitrogens with one attached hydrogen (secondary N) is 1. The van der Waals surface area contributed by atoms with Crippen LogP contribution in [0.3, 0.4) is 0 Å². The van der Waals surface area contributed by atoms with E-state index >= 15 is 0 Å². The first kappa shape index (κ1) is 26.0. The Morgan fingerprint density at radius 3 is 2.06 bits per heavy atom. The van der Waals surface area contributed by atoms with Crippen molar-refractivity contribution < 1.29 is 4.79 Å². The number of nitrogens with zero attached hydrogens (tertiary/aromatic N) is 3. The first-order chi connectivity index (χ1) is 16.9. The summed E-state index contributed by atoms with van der Waals surface area (Å²) in [6, 6.07) is 21.5. The maximum Gasteiger partial charge on any atom is 0.333 e. The standard InChI is InChI=1S/C27H35N5O3/c1-3-30(4-2)17-18-31-24(28)19-26(34)32(27(31)35)20-25(33)29-16-15-23(21-11-7-5-8-12-21)22-13-9-6-10-14-22/h5-14,19,23H,3-4,15-18,20,28H2,1-2H3,(H,29,33). The van der Waals surface area contributed by atoms with E-state index in [1.807, 2.05) is 50.2 Å². The molecule has 1 heterocycles. The van der Waals surface area contributed by atoms with E-state index in [9.17, 15) is 14.4 Å². The zero-order valence-electron chi connectivity index (χ0n) is 20.5. The largest absolute Gasteiger partial charge is 0.385 e. The van der Waals surface area contributed by atoms with Crippen molar-refractivity contribution >= 4 is 11.7 Å². The lowest BCUT2D eigenvalue weighted by Gasteiger charge is -2.20. The minimum Gasteiger partial charge on any atom is -0.385 e. The summed E-state index contributed by atoms with van der Waals surface area (Å²) in [5.74, 6) is -0.157. The van der Waals surface area contributed by atoms with Crippen LogP contribution in [0.1, 0.15) is 37.3 Å². The second-order valence-electron chi connectivity index (χ2n) is 8.47. The van der Waals surface area contributed by atoms with Gasteiger partial charge in [0.1, 0.15) is 12.4 Å². The third-order valence-electron chi connectivity index (χ3n) is 6.31. The zero-order chi connectivity index (χ0) is 25.2. The fraction of sp³-hybridized carbons (Fsp3) is 0.370. The lowest BCUT2D eigenvalue weighted by atomic mass is 9.88. The summed E-state index contributed by atoms with van der Waals surface area (Å²) >= 11 is 0. The molecule has 0 atom stereocenters. The van der Waals surface area contributed by atoms with Gasteiger partial charge in [-0.2, -0.15) is 0 Å². The van der Waals surface area contributed by atoms with Gasteiger partial charge in [-0.05, 0) is 30.6 Å². The molecule has 3 aromatic rings. The van der Waals surface area contributed by atoms with E-state index in [1.54, 1.807) is 0 Å². The van der Waals surface area contributed by atoms with Gasteiger partial charge in [0.05, 0.1) is 0 Å². The molecular weight excluding hydrogens is 442 g/mol. The smallest absolute Gasteiger partial charge is 0.333 e. The molecule has 8 heteroatoms. The van der Waals surface area contributed by atoms with Gasteiger partial charge >= 0.3 is 5.69 Å². The molecule has 2 aromatic carbocycles. The molecule has 8 nitrogen and oxygen atoms in total. The third-order valence-corrected chi connectivity index (χ3v) is 6.31. The molecule has 0 unspecified atom stereocenters. The number of likely N-dealkylation sites (N-methyl/N-ethyl adjacent to an activating group) is 1. The van der Waals surface area contributed by atoms with Crippen LogP contribution < -0.4 is 22.3 Å². The second kappa shape index (κ2) is 12.7. The van der Waals surface area contributed by atoms with Gasteiger partial charge in [0.25, 0.3) is 5.56 Å². The number of nitrogen functional groups attached to an aromatic ring is 1. The summed E-state index contributed by atoms with van der Waals surface area (Å²) in [6.45, 7) is 6.83. The highest BCUT2D eigenvalue weighted by Crippen LogP contribution is 2.27. The van der Waals surface area contributed by atoms with Crippen molar-refractivity contribution in [1.29, 1.82) is 0 Å². The third kappa shape index (κ3) is 6.93. The molecule has 0 fully saturated rings. The van der Waals surface area contributed by atoms with Crippen LogP contribution in [-0.4, -0.2) is 46.1 Å². The van der Waals surface area contributed by atoms with E-state index in [2.05, 4.69) is 34.5 Å². The van der Waals surface area contributed by atoms with E-state index in [0.717, 1.165) is 17.7 Å². The van der Waals surface area contributed by atoms with Crippen LogP contribution in [0.4, 0.5) is 5.82 Å². The Labute approximate surface area is 206 Å². The van der Waals surface area contributed by atoms with Crippen molar-refractivity contribution in [3.05, 3.63) is 98.7 Å². The van der Waals surface area contributed by atoms with Crippen LogP contribution in [0.2, 0.25) is 0 Å². The topological polar surface area (TPSA) is 102 Å². The molecule has 3 N–H and O–H groups in total. The Balaban J connectivity index is 1.67. The van der Waals surface area contributed by atoms with Crippen molar-refractivity contribution in [3.63, 3.8) is 0 Å². The maximum atomic E-state index is 12.9. The molecule has 0 aliphatic carbocycles. The zero-order valence-corrected chi connectivity index (χ0v) is 20.5. The van der Waals surface area contributed by atoms with Gasteiger partial charge in [-0.25, -0.2) is 4.79 Å². The number of rotatable bonds is 12. The van der Waals surface area contributed by atoms with E-state index in [-0.39, 0.29) is 24.2 Å². The average molecular weight is 478 g/mol. The molecule has 3 rings (SSSR count). The van der Waals surface area contributed by atoms with E-state index in [0.29, 0.717) is 26.1 Å². The number of amides is 1. The predicted octanol–water partition coefficient (Wildman–Crippen LogP) is 2.27. The highest BCUT2D eigenvalue weighted by atomic mass is 16.2. The highest BCUT2D eigenvalue weighted by Gasteiger charge is 2.16. The Morgan fingerprint density at radius 2 is 1.51 bits per heavy atom. The van der Waals surface area contributed by atoms with Gasteiger partial charge < -0.3 is 16.0 Å². The summed E-state index contributed by atoms with van der Waals surface area (Å²) < 4.78 is 2.30. The number of benzene rings is 2. The van der Waals surface area contributed by atoms with Crippen LogP contribution in [0.25, 0.3) is 0 Å². The fourth-order valence-corrected chi connectivity index (χ4v) is 4.24. The molecule has 0 bridgehead atoms. The minimum atomic E-state index is -0.576. The van der Waals surface area contributed by atoms with Crippen molar-refractivity contribution in [3.8, 4) is 0 Å². The van der Waals surface area contributed by atoms with Crippen LogP contribution in [0.5, 0.6) is 0 Å². The molecule has 0 aliphatic rings. The number of hydrogen-bond donors (Lipinski definition) is 2. The lowest BCUT2D eigenvalue weighted by molar-refractivity contribution is -0.121. The summed E-state index contributed by atoms with van der Waals surface area (Å²) in [4.78, 5) is 40.2. The van der Waals surface area contributed by atoms with E-state index in [1.165, 1.54) is 21.8 Å². The Hall–Kier alpha value is -3.65. The molecule has 0 aliphatic heterocycles. The average Bonchev–Trinajstić information content (AvgIpc) is 2.87. The first-order valence-electron chi connectivity index (χ1n) is 12.1. The van der Waals surface area contributed by atoms with Crippen LogP contribution in [0, 0.1) is 0 Å². The number of hydrogen-bond acceptors (Lipinski definition) is 5. The normalized spacial score (nSPS) is 11.2. The molecule has 0 spiro atoms. The number of aromatic nitrogens is 2. The van der Waals surface area contributed by atoms with Crippen LogP contribution in [-0.2, 0) is 17.9 Å². The maximum absolute atomic E-state index is 12.9. The van der Waals surface area contributed by atoms with E-state index in [4.69, 9.17) is 5.73 Å². The van der Waals surface area contributed by atoms with Gasteiger partial charge in [-0.1, -0.05) is 74.5 Å². The van der Waals surface area contributed by atoms with Crippen LogP contribution >= 0.6 is 0 Å².